The minimum atomic E-state index is -6.13. The van der Waals surface area contributed by atoms with Crippen molar-refractivity contribution in [2.75, 3.05) is 6.16 Å². The van der Waals surface area contributed by atoms with E-state index in [2.05, 4.69) is 91.0 Å². The molecule has 9 rings (SSSR count). The van der Waals surface area contributed by atoms with Crippen LogP contribution in [-0.2, 0) is 49.4 Å². The second-order valence-corrected chi connectivity index (χ2v) is 23.6. The van der Waals surface area contributed by atoms with Crippen molar-refractivity contribution in [1.82, 2.24) is 0 Å². The second kappa shape index (κ2) is 23.9. The predicted octanol–water partition coefficient (Wildman–Crippen LogP) is 17.2. The van der Waals surface area contributed by atoms with Crippen LogP contribution < -0.4 is 37.8 Å². The van der Waals surface area contributed by atoms with E-state index < -0.39 is 202 Å². The molecule has 0 fully saturated rings. The first-order valence-corrected chi connectivity index (χ1v) is 27.4. The number of ketones is 1. The summed E-state index contributed by atoms with van der Waals surface area (Å²) in [5.41, 5.74) is -29.4. The van der Waals surface area contributed by atoms with Gasteiger partial charge in [0.05, 0.1) is 44.5 Å². The van der Waals surface area contributed by atoms with Crippen molar-refractivity contribution in [2.24, 2.45) is 0 Å². The molecule has 466 valence electrons. The Bertz CT molecular complexity index is 3470. The van der Waals surface area contributed by atoms with Crippen molar-refractivity contribution in [3.8, 4) is 0 Å². The molecule has 0 aliphatic carbocycles. The molecule has 0 aromatic heterocycles. The zero-order valence-electron chi connectivity index (χ0n) is 44.3. The highest BCUT2D eigenvalue weighted by molar-refractivity contribution is 7.96. The van der Waals surface area contributed by atoms with Crippen LogP contribution in [0, 0.1) is 0 Å². The Kier molecular flexibility index (Phi) is 17.9. The molecule has 9 aromatic carbocycles. The largest absolute Gasteiger partial charge is 0.416 e. The molecule has 0 aliphatic rings. The molecule has 0 heterocycles. The third-order valence-corrected chi connectivity index (χ3v) is 18.8. The molecular formula is C62H36BF24OP. The van der Waals surface area contributed by atoms with Crippen molar-refractivity contribution in [2.45, 2.75) is 49.4 Å². The van der Waals surface area contributed by atoms with Crippen LogP contribution >= 0.6 is 7.26 Å². The lowest BCUT2D eigenvalue weighted by molar-refractivity contribution is -0.144. The molecule has 0 saturated carbocycles. The van der Waals surface area contributed by atoms with Gasteiger partial charge in [-0.2, -0.15) is 127 Å². The van der Waals surface area contributed by atoms with Gasteiger partial charge in [0.15, 0.2) is 0 Å². The van der Waals surface area contributed by atoms with E-state index in [1.54, 1.807) is 0 Å². The van der Waals surface area contributed by atoms with Crippen LogP contribution in [0.1, 0.15) is 54.9 Å². The molecule has 0 N–H and O–H groups in total. The highest BCUT2D eigenvalue weighted by atomic mass is 31.2. The van der Waals surface area contributed by atoms with Crippen molar-refractivity contribution in [1.29, 1.82) is 0 Å². The number of carbonyl (C=O) groups is 1. The number of alkyl halides is 24. The van der Waals surface area contributed by atoms with Gasteiger partial charge in [0.25, 0.3) is 0 Å². The smallest absolute Gasteiger partial charge is 0.290 e. The number of hydrogen-bond acceptors (Lipinski definition) is 1. The molecule has 9 aromatic rings. The summed E-state index contributed by atoms with van der Waals surface area (Å²) in [6.07, 6.45) is -54.3. The van der Waals surface area contributed by atoms with E-state index in [0.717, 1.165) is 16.3 Å². The van der Waals surface area contributed by atoms with Crippen molar-refractivity contribution in [3.05, 3.63) is 256 Å². The average molecular weight is 1290 g/mol. The highest BCUT2D eigenvalue weighted by Crippen LogP contribution is 2.56. The zero-order chi connectivity index (χ0) is 65.7. The number of benzene rings is 9. The van der Waals surface area contributed by atoms with E-state index in [1.165, 1.54) is 15.9 Å². The monoisotopic (exact) mass is 1290 g/mol. The van der Waals surface area contributed by atoms with Crippen molar-refractivity contribution < 1.29 is 110 Å². The fraction of sp³-hybridized carbons (Fsp3) is 0.145. The summed E-state index contributed by atoms with van der Waals surface area (Å²) in [4.78, 5) is 14.0. The molecule has 0 radical (unpaired) electrons. The van der Waals surface area contributed by atoms with Crippen LogP contribution in [0.5, 0.6) is 0 Å². The Balaban J connectivity index is 0.000000267. The summed E-state index contributed by atoms with van der Waals surface area (Å²) in [6.45, 7) is 0. The Hall–Kier alpha value is -8.28. The number of Topliss-reactive ketones (excluding diaryl/α,β-unsaturated/α-hetero) is 1. The van der Waals surface area contributed by atoms with Crippen LogP contribution in [-0.4, -0.2) is 18.1 Å². The quantitative estimate of drug-likeness (QED) is 0.0577. The topological polar surface area (TPSA) is 17.1 Å². The fourth-order valence-electron chi connectivity index (χ4n) is 10.6. The van der Waals surface area contributed by atoms with Crippen LogP contribution in [0.2, 0.25) is 0 Å². The van der Waals surface area contributed by atoms with Gasteiger partial charge < -0.3 is 0 Å². The Morgan fingerprint density at radius 1 is 0.281 bits per heavy atom. The minimum Gasteiger partial charge on any atom is -0.290 e. The third-order valence-electron chi connectivity index (χ3n) is 14.5. The van der Waals surface area contributed by atoms with Gasteiger partial charge in [-0.05, 0) is 71.4 Å². The van der Waals surface area contributed by atoms with Gasteiger partial charge in [-0.1, -0.05) is 146 Å². The lowest BCUT2D eigenvalue weighted by atomic mass is 9.12. The SMILES string of the molecule is FC(F)(F)c1cc([B-](c2cc(C(F)(F)F)cc(C(F)(F)F)c2)(c2cc(C(F)(F)F)cc(C(F)(F)F)c2)c2cc(C(F)(F)F)cc(C(F)(F)F)c2)cc(C(F)(F)F)c1.O=C(C[P+](c1ccccc1)(c1ccccc1)c1ccccc1)c1cccc2ccccc12. The Labute approximate surface area is 488 Å². The van der Waals surface area contributed by atoms with E-state index >= 15 is 0 Å². The predicted molar refractivity (Wildman–Crippen MR) is 288 cm³/mol. The zero-order valence-corrected chi connectivity index (χ0v) is 45.2. The lowest BCUT2D eigenvalue weighted by Crippen LogP contribution is -2.75. The Morgan fingerprint density at radius 2 is 0.506 bits per heavy atom. The van der Waals surface area contributed by atoms with E-state index in [-0.39, 0.29) is 5.78 Å². The van der Waals surface area contributed by atoms with Crippen LogP contribution in [0.25, 0.3) is 10.8 Å². The molecule has 0 amide bonds. The highest BCUT2D eigenvalue weighted by Gasteiger charge is 2.50. The number of fused-ring (bicyclic) bond motifs is 1. The van der Waals surface area contributed by atoms with E-state index in [1.807, 2.05) is 42.5 Å². The standard InChI is InChI=1S/C32H12BF24.C30H24OP/c34-25(35,36)13-1-14(26(37,38)39)6-21(5-13)33(22-7-15(27(40,41)42)2-16(8-22)28(43,44)45,23-9-17(29(46,47)48)3-18(10-23)30(49,50)51)24-11-19(31(52,53)54)4-20(12-24)32(55,56)57;31-30(29-22-12-14-24-13-10-11-21-28(24)29)23-32(25-15-4-1-5-16-25,26-17-6-2-7-18-26)27-19-8-3-9-20-27/h1-12H;1-22H,23H2/q-1;+1. The second-order valence-electron chi connectivity index (χ2n) is 20.1. The fourth-order valence-corrected chi connectivity index (χ4v) is 14.7. The third kappa shape index (κ3) is 14.3. The maximum absolute atomic E-state index is 14.2. The molecule has 0 bridgehead atoms. The maximum Gasteiger partial charge on any atom is 0.416 e. The number of rotatable bonds is 10. The molecule has 1 nitrogen and oxygen atoms in total. The van der Waals surface area contributed by atoms with E-state index in [4.69, 9.17) is 0 Å². The van der Waals surface area contributed by atoms with Gasteiger partial charge >= 0.3 is 49.4 Å². The van der Waals surface area contributed by atoms with Crippen LogP contribution in [0.15, 0.2) is 206 Å². The van der Waals surface area contributed by atoms with Gasteiger partial charge in [-0.15, -0.1) is 0 Å². The molecule has 0 aliphatic heterocycles. The normalized spacial score (nSPS) is 13.3. The van der Waals surface area contributed by atoms with E-state index in [0.29, 0.717) is 6.16 Å². The number of hydrogen-bond donors (Lipinski definition) is 0. The first-order valence-electron chi connectivity index (χ1n) is 25.5. The van der Waals surface area contributed by atoms with Gasteiger partial charge in [0, 0.05) is 5.56 Å². The van der Waals surface area contributed by atoms with Gasteiger partial charge in [0.1, 0.15) is 35.5 Å². The Morgan fingerprint density at radius 3 is 0.753 bits per heavy atom. The molecule has 0 spiro atoms. The minimum absolute atomic E-state index is 0.187. The molecule has 89 heavy (non-hydrogen) atoms. The average Bonchev–Trinajstić information content (AvgIpc) is 0.747. The summed E-state index contributed by atoms with van der Waals surface area (Å²) in [5.74, 6) is 0.187. The van der Waals surface area contributed by atoms with Gasteiger partial charge in [-0.25, -0.2) is 0 Å². The summed E-state index contributed by atoms with van der Waals surface area (Å²) in [6, 6.07) is 37.1. The van der Waals surface area contributed by atoms with Crippen molar-refractivity contribution in [3.63, 3.8) is 0 Å². The van der Waals surface area contributed by atoms with Gasteiger partial charge in [0.2, 0.25) is 5.78 Å². The van der Waals surface area contributed by atoms with Gasteiger partial charge in [-0.3, -0.25) is 4.79 Å². The molecular weight excluding hydrogens is 1260 g/mol. The number of carbonyl (C=O) groups excluding carboxylic acids is 1. The summed E-state index contributed by atoms with van der Waals surface area (Å²) in [7, 11) is -2.20. The molecule has 27 heteroatoms. The lowest BCUT2D eigenvalue weighted by Gasteiger charge is -2.46. The first-order chi connectivity index (χ1) is 41.0. The summed E-state index contributed by atoms with van der Waals surface area (Å²) >= 11 is 0. The summed E-state index contributed by atoms with van der Waals surface area (Å²) in [5, 5.41) is 5.80. The first kappa shape index (κ1) is 66.7. The molecule has 0 unspecified atom stereocenters. The number of halogens is 24. The molecule has 0 saturated heterocycles. The van der Waals surface area contributed by atoms with Crippen molar-refractivity contribution >= 4 is 67.7 Å². The van der Waals surface area contributed by atoms with E-state index in [9.17, 15) is 110 Å². The summed E-state index contributed by atoms with van der Waals surface area (Å²) < 4.78 is 341. The van der Waals surface area contributed by atoms with Crippen LogP contribution in [0.4, 0.5) is 105 Å². The molecule has 0 atom stereocenters. The van der Waals surface area contributed by atoms with Crippen LogP contribution in [0.3, 0.4) is 0 Å². The maximum atomic E-state index is 14.2.